The molecule has 0 spiro atoms. The molecule has 1 amide bonds. The number of hydrogen-bond donors (Lipinski definition) is 2. The standard InChI is InChI=1S/C20H26N2O5/c1-5-25-17-10-13(11-18(26-6-2)19(17)27-7-3)20(23)22-15-12-14(21)8-9-16(15)24-4/h8-12H,5-7,21H2,1-4H3,(H,22,23). The summed E-state index contributed by atoms with van der Waals surface area (Å²) in [6.07, 6.45) is 0. The van der Waals surface area contributed by atoms with Crippen LogP contribution in [-0.2, 0) is 0 Å². The Morgan fingerprint density at radius 2 is 1.52 bits per heavy atom. The largest absolute Gasteiger partial charge is 0.495 e. The lowest BCUT2D eigenvalue weighted by Gasteiger charge is -2.17. The van der Waals surface area contributed by atoms with Crippen LogP contribution in [0.4, 0.5) is 11.4 Å². The minimum atomic E-state index is -0.344. The molecular formula is C20H26N2O5. The van der Waals surface area contributed by atoms with Crippen LogP contribution < -0.4 is 30.0 Å². The molecule has 0 heterocycles. The van der Waals surface area contributed by atoms with Gasteiger partial charge in [-0.1, -0.05) is 0 Å². The van der Waals surface area contributed by atoms with E-state index in [1.54, 1.807) is 30.3 Å². The number of ether oxygens (including phenoxy) is 4. The maximum atomic E-state index is 12.8. The summed E-state index contributed by atoms with van der Waals surface area (Å²) in [5.41, 5.74) is 7.18. The van der Waals surface area contributed by atoms with Gasteiger partial charge in [0.1, 0.15) is 5.75 Å². The van der Waals surface area contributed by atoms with Gasteiger partial charge in [0, 0.05) is 11.3 Å². The predicted octanol–water partition coefficient (Wildman–Crippen LogP) is 3.73. The summed E-state index contributed by atoms with van der Waals surface area (Å²) in [6, 6.07) is 8.29. The lowest BCUT2D eigenvalue weighted by molar-refractivity contribution is 0.102. The number of carbonyl (C=O) groups is 1. The number of carbonyl (C=O) groups excluding carboxylic acids is 1. The van der Waals surface area contributed by atoms with E-state index in [4.69, 9.17) is 24.7 Å². The molecule has 2 aromatic carbocycles. The Balaban J connectivity index is 2.41. The Morgan fingerprint density at radius 1 is 0.926 bits per heavy atom. The summed E-state index contributed by atoms with van der Waals surface area (Å²) in [6.45, 7) is 6.91. The fraction of sp³-hybridized carbons (Fsp3) is 0.350. The van der Waals surface area contributed by atoms with Gasteiger partial charge in [-0.25, -0.2) is 0 Å². The maximum absolute atomic E-state index is 12.8. The second kappa shape index (κ2) is 9.56. The molecule has 146 valence electrons. The third kappa shape index (κ3) is 4.97. The zero-order chi connectivity index (χ0) is 19.8. The highest BCUT2D eigenvalue weighted by atomic mass is 16.5. The first kappa shape index (κ1) is 20.2. The first-order valence-electron chi connectivity index (χ1n) is 8.85. The smallest absolute Gasteiger partial charge is 0.256 e. The Hall–Kier alpha value is -3.09. The maximum Gasteiger partial charge on any atom is 0.256 e. The van der Waals surface area contributed by atoms with Crippen molar-refractivity contribution in [2.45, 2.75) is 20.8 Å². The molecule has 0 aliphatic heterocycles. The van der Waals surface area contributed by atoms with Crippen molar-refractivity contribution in [3.63, 3.8) is 0 Å². The molecule has 0 aromatic heterocycles. The summed E-state index contributed by atoms with van der Waals surface area (Å²) in [4.78, 5) is 12.8. The first-order valence-corrected chi connectivity index (χ1v) is 8.85. The number of anilines is 2. The quantitative estimate of drug-likeness (QED) is 0.650. The average Bonchev–Trinajstić information content (AvgIpc) is 2.64. The number of nitrogens with two attached hydrogens (primary N) is 1. The van der Waals surface area contributed by atoms with E-state index in [1.807, 2.05) is 20.8 Å². The second-order valence-electron chi connectivity index (χ2n) is 5.51. The number of methoxy groups -OCH3 is 1. The second-order valence-corrected chi connectivity index (χ2v) is 5.51. The fourth-order valence-corrected chi connectivity index (χ4v) is 2.54. The molecule has 0 unspecified atom stereocenters. The van der Waals surface area contributed by atoms with Crippen LogP contribution in [0, 0.1) is 0 Å². The van der Waals surface area contributed by atoms with Crippen molar-refractivity contribution < 1.29 is 23.7 Å². The van der Waals surface area contributed by atoms with Crippen molar-refractivity contribution in [2.75, 3.05) is 38.0 Å². The monoisotopic (exact) mass is 374 g/mol. The number of rotatable bonds is 9. The molecule has 0 atom stereocenters. The molecule has 7 heteroatoms. The van der Waals surface area contributed by atoms with E-state index in [2.05, 4.69) is 5.32 Å². The van der Waals surface area contributed by atoms with Crippen molar-refractivity contribution in [3.05, 3.63) is 35.9 Å². The molecule has 27 heavy (non-hydrogen) atoms. The number of nitrogens with one attached hydrogen (secondary N) is 1. The Morgan fingerprint density at radius 3 is 2.04 bits per heavy atom. The summed E-state index contributed by atoms with van der Waals surface area (Å²) in [5, 5.41) is 2.81. The van der Waals surface area contributed by atoms with Crippen LogP contribution in [0.5, 0.6) is 23.0 Å². The van der Waals surface area contributed by atoms with Crippen LogP contribution in [0.25, 0.3) is 0 Å². The zero-order valence-corrected chi connectivity index (χ0v) is 16.1. The van der Waals surface area contributed by atoms with Crippen LogP contribution in [0.3, 0.4) is 0 Å². The summed E-state index contributed by atoms with van der Waals surface area (Å²) < 4.78 is 22.2. The molecule has 0 saturated heterocycles. The summed E-state index contributed by atoms with van der Waals surface area (Å²) in [7, 11) is 1.53. The molecule has 0 fully saturated rings. The van der Waals surface area contributed by atoms with Crippen molar-refractivity contribution in [1.82, 2.24) is 0 Å². The van der Waals surface area contributed by atoms with E-state index in [0.29, 0.717) is 59.8 Å². The van der Waals surface area contributed by atoms with Gasteiger partial charge in [0.25, 0.3) is 5.91 Å². The van der Waals surface area contributed by atoms with E-state index in [9.17, 15) is 4.79 Å². The molecule has 0 aliphatic rings. The molecule has 7 nitrogen and oxygen atoms in total. The van der Waals surface area contributed by atoms with Gasteiger partial charge in [0.2, 0.25) is 5.75 Å². The predicted molar refractivity (Wildman–Crippen MR) is 105 cm³/mol. The summed E-state index contributed by atoms with van der Waals surface area (Å²) in [5.74, 6) is 1.56. The summed E-state index contributed by atoms with van der Waals surface area (Å²) >= 11 is 0. The lowest BCUT2D eigenvalue weighted by Crippen LogP contribution is -2.14. The molecule has 2 aromatic rings. The van der Waals surface area contributed by atoms with Crippen molar-refractivity contribution >= 4 is 17.3 Å². The van der Waals surface area contributed by atoms with Gasteiger partial charge in [-0.05, 0) is 51.1 Å². The van der Waals surface area contributed by atoms with Crippen LogP contribution in [0.15, 0.2) is 30.3 Å². The minimum absolute atomic E-state index is 0.344. The average molecular weight is 374 g/mol. The van der Waals surface area contributed by atoms with Crippen LogP contribution in [0.1, 0.15) is 31.1 Å². The SMILES string of the molecule is CCOc1cc(C(=O)Nc2cc(N)ccc2OC)cc(OCC)c1OCC. The van der Waals surface area contributed by atoms with Gasteiger partial charge < -0.3 is 30.0 Å². The number of nitrogen functional groups attached to an aromatic ring is 1. The van der Waals surface area contributed by atoms with Crippen LogP contribution in [-0.4, -0.2) is 32.8 Å². The van der Waals surface area contributed by atoms with Crippen molar-refractivity contribution in [3.8, 4) is 23.0 Å². The van der Waals surface area contributed by atoms with Crippen LogP contribution >= 0.6 is 0 Å². The fourth-order valence-electron chi connectivity index (χ4n) is 2.54. The number of benzene rings is 2. The Labute approximate surface area is 159 Å². The molecule has 0 aliphatic carbocycles. The van der Waals surface area contributed by atoms with Gasteiger partial charge in [-0.3, -0.25) is 4.79 Å². The Bertz CT molecular complexity index is 765. The highest BCUT2D eigenvalue weighted by molar-refractivity contribution is 6.06. The molecular weight excluding hydrogens is 348 g/mol. The molecule has 3 N–H and O–H groups in total. The van der Waals surface area contributed by atoms with Crippen molar-refractivity contribution in [2.24, 2.45) is 0 Å². The first-order chi connectivity index (χ1) is 13.0. The van der Waals surface area contributed by atoms with E-state index in [1.165, 1.54) is 7.11 Å². The van der Waals surface area contributed by atoms with Gasteiger partial charge in [0.15, 0.2) is 11.5 Å². The topological polar surface area (TPSA) is 92.0 Å². The third-order valence-electron chi connectivity index (χ3n) is 3.64. The minimum Gasteiger partial charge on any atom is -0.495 e. The number of hydrogen-bond acceptors (Lipinski definition) is 6. The third-order valence-corrected chi connectivity index (χ3v) is 3.64. The van der Waals surface area contributed by atoms with E-state index in [0.717, 1.165) is 0 Å². The van der Waals surface area contributed by atoms with E-state index < -0.39 is 0 Å². The highest BCUT2D eigenvalue weighted by Crippen LogP contribution is 2.39. The van der Waals surface area contributed by atoms with Gasteiger partial charge >= 0.3 is 0 Å². The van der Waals surface area contributed by atoms with Crippen molar-refractivity contribution in [1.29, 1.82) is 0 Å². The van der Waals surface area contributed by atoms with Crippen LogP contribution in [0.2, 0.25) is 0 Å². The lowest BCUT2D eigenvalue weighted by atomic mass is 10.1. The number of amides is 1. The molecule has 0 bridgehead atoms. The van der Waals surface area contributed by atoms with Gasteiger partial charge in [-0.2, -0.15) is 0 Å². The molecule has 0 radical (unpaired) electrons. The van der Waals surface area contributed by atoms with Gasteiger partial charge in [0.05, 0.1) is 32.6 Å². The van der Waals surface area contributed by atoms with Gasteiger partial charge in [-0.15, -0.1) is 0 Å². The highest BCUT2D eigenvalue weighted by Gasteiger charge is 2.19. The Kier molecular flexibility index (Phi) is 7.16. The van der Waals surface area contributed by atoms with E-state index in [-0.39, 0.29) is 5.91 Å². The molecule has 2 rings (SSSR count). The molecule has 0 saturated carbocycles. The van der Waals surface area contributed by atoms with E-state index >= 15 is 0 Å². The normalized spacial score (nSPS) is 10.2. The zero-order valence-electron chi connectivity index (χ0n) is 16.1.